The molecule has 1 aliphatic carbocycles. The second kappa shape index (κ2) is 7.84. The van der Waals surface area contributed by atoms with Gasteiger partial charge in [-0.1, -0.05) is 49.0 Å². The number of carbonyl (C=O) groups excluding carboxylic acids is 2. The number of benzene rings is 1. The van der Waals surface area contributed by atoms with E-state index in [1.54, 1.807) is 12.1 Å². The van der Waals surface area contributed by atoms with Crippen molar-refractivity contribution >= 4 is 35.1 Å². The standard InChI is InChI=1S/C16H19Cl2NO3/c1-10-5-2-3-8-13(10)19-14(20)9-22-16(21)11-6-4-7-12(17)15(11)18/h4,6-7,10,13H,2-3,5,8-9H2,1H3,(H,19,20)/t10-,13+/m0/s1. The fourth-order valence-corrected chi connectivity index (χ4v) is 3.03. The van der Waals surface area contributed by atoms with Crippen molar-refractivity contribution in [3.63, 3.8) is 0 Å². The van der Waals surface area contributed by atoms with Gasteiger partial charge in [0.1, 0.15) is 0 Å². The molecule has 6 heteroatoms. The number of nitrogens with one attached hydrogen (secondary N) is 1. The van der Waals surface area contributed by atoms with Crippen LogP contribution in [0.2, 0.25) is 10.0 Å². The molecule has 0 saturated heterocycles. The molecule has 1 aromatic carbocycles. The van der Waals surface area contributed by atoms with Gasteiger partial charge in [0.25, 0.3) is 5.91 Å². The zero-order chi connectivity index (χ0) is 16.1. The number of amides is 1. The Balaban J connectivity index is 1.85. The fourth-order valence-electron chi connectivity index (χ4n) is 2.65. The third-order valence-electron chi connectivity index (χ3n) is 3.96. The van der Waals surface area contributed by atoms with E-state index in [2.05, 4.69) is 12.2 Å². The maximum Gasteiger partial charge on any atom is 0.340 e. The molecule has 2 rings (SSSR count). The molecule has 1 aliphatic rings. The number of hydrogen-bond acceptors (Lipinski definition) is 3. The first-order valence-corrected chi connectivity index (χ1v) is 8.15. The molecule has 2 atom stereocenters. The SMILES string of the molecule is C[C@H]1CCCC[C@H]1NC(=O)COC(=O)c1cccc(Cl)c1Cl. The highest BCUT2D eigenvalue weighted by molar-refractivity contribution is 6.43. The second-order valence-electron chi connectivity index (χ2n) is 5.61. The number of carbonyl (C=O) groups is 2. The van der Waals surface area contributed by atoms with Crippen molar-refractivity contribution in [3.05, 3.63) is 33.8 Å². The summed E-state index contributed by atoms with van der Waals surface area (Å²) < 4.78 is 5.01. The summed E-state index contributed by atoms with van der Waals surface area (Å²) in [5.74, 6) is -0.486. The molecule has 120 valence electrons. The molecule has 4 nitrogen and oxygen atoms in total. The third kappa shape index (κ3) is 4.37. The van der Waals surface area contributed by atoms with E-state index in [9.17, 15) is 9.59 Å². The number of halogens is 2. The van der Waals surface area contributed by atoms with Gasteiger partial charge in [0, 0.05) is 6.04 Å². The Morgan fingerprint density at radius 1 is 1.27 bits per heavy atom. The van der Waals surface area contributed by atoms with Gasteiger partial charge in [-0.05, 0) is 30.9 Å². The highest BCUT2D eigenvalue weighted by Crippen LogP contribution is 2.26. The van der Waals surface area contributed by atoms with Crippen molar-refractivity contribution in [3.8, 4) is 0 Å². The second-order valence-corrected chi connectivity index (χ2v) is 6.40. The van der Waals surface area contributed by atoms with Crippen LogP contribution in [0.25, 0.3) is 0 Å². The molecule has 1 aromatic rings. The number of rotatable bonds is 4. The zero-order valence-corrected chi connectivity index (χ0v) is 13.9. The molecule has 0 radical (unpaired) electrons. The van der Waals surface area contributed by atoms with E-state index in [-0.39, 0.29) is 34.2 Å². The molecule has 0 heterocycles. The van der Waals surface area contributed by atoms with Crippen LogP contribution in [0.1, 0.15) is 43.0 Å². The first kappa shape index (κ1) is 17.1. The molecule has 0 bridgehead atoms. The van der Waals surface area contributed by atoms with Crippen molar-refractivity contribution in [2.75, 3.05) is 6.61 Å². The Morgan fingerprint density at radius 3 is 2.73 bits per heavy atom. The average Bonchev–Trinajstić information content (AvgIpc) is 2.50. The highest BCUT2D eigenvalue weighted by atomic mass is 35.5. The van der Waals surface area contributed by atoms with Gasteiger partial charge in [0.15, 0.2) is 6.61 Å². The minimum Gasteiger partial charge on any atom is -0.452 e. The summed E-state index contributed by atoms with van der Waals surface area (Å²) in [7, 11) is 0. The van der Waals surface area contributed by atoms with E-state index in [1.807, 2.05) is 0 Å². The molecule has 22 heavy (non-hydrogen) atoms. The van der Waals surface area contributed by atoms with E-state index in [4.69, 9.17) is 27.9 Å². The molecular weight excluding hydrogens is 325 g/mol. The number of esters is 1. The van der Waals surface area contributed by atoms with Crippen molar-refractivity contribution in [1.82, 2.24) is 5.32 Å². The Bertz CT molecular complexity index is 562. The lowest BCUT2D eigenvalue weighted by Gasteiger charge is -2.29. The summed E-state index contributed by atoms with van der Waals surface area (Å²) in [5.41, 5.74) is 0.160. The Hall–Kier alpha value is -1.26. The summed E-state index contributed by atoms with van der Waals surface area (Å²) in [6, 6.07) is 4.86. The van der Waals surface area contributed by atoms with E-state index < -0.39 is 5.97 Å². The third-order valence-corrected chi connectivity index (χ3v) is 4.78. The maximum atomic E-state index is 11.9. The molecular formula is C16H19Cl2NO3. The smallest absolute Gasteiger partial charge is 0.340 e. The maximum absolute atomic E-state index is 11.9. The van der Waals surface area contributed by atoms with Gasteiger partial charge >= 0.3 is 5.97 Å². The Labute approximate surface area is 140 Å². The van der Waals surface area contributed by atoms with Crippen molar-refractivity contribution in [2.45, 2.75) is 38.6 Å². The zero-order valence-electron chi connectivity index (χ0n) is 12.4. The van der Waals surface area contributed by atoms with Gasteiger partial charge in [-0.2, -0.15) is 0 Å². The van der Waals surface area contributed by atoms with Crippen LogP contribution in [0.4, 0.5) is 0 Å². The Morgan fingerprint density at radius 2 is 2.00 bits per heavy atom. The van der Waals surface area contributed by atoms with Gasteiger partial charge in [-0.25, -0.2) is 4.79 Å². The van der Waals surface area contributed by atoms with Crippen LogP contribution in [0.3, 0.4) is 0 Å². The highest BCUT2D eigenvalue weighted by Gasteiger charge is 2.23. The Kier molecular flexibility index (Phi) is 6.09. The molecule has 1 saturated carbocycles. The lowest BCUT2D eigenvalue weighted by atomic mass is 9.86. The largest absolute Gasteiger partial charge is 0.452 e. The first-order chi connectivity index (χ1) is 10.5. The molecule has 1 amide bonds. The first-order valence-electron chi connectivity index (χ1n) is 7.39. The summed E-state index contributed by atoms with van der Waals surface area (Å²) in [6.07, 6.45) is 4.41. The minimum atomic E-state index is -0.653. The van der Waals surface area contributed by atoms with Gasteiger partial charge < -0.3 is 10.1 Å². The van der Waals surface area contributed by atoms with Crippen LogP contribution in [0.15, 0.2) is 18.2 Å². The van der Waals surface area contributed by atoms with Gasteiger partial charge in [-0.3, -0.25) is 4.79 Å². The summed E-state index contributed by atoms with van der Waals surface area (Å²) in [4.78, 5) is 23.8. The quantitative estimate of drug-likeness (QED) is 0.845. The summed E-state index contributed by atoms with van der Waals surface area (Å²) >= 11 is 11.8. The molecule has 0 aliphatic heterocycles. The van der Waals surface area contributed by atoms with Gasteiger partial charge in [-0.15, -0.1) is 0 Å². The molecule has 0 aromatic heterocycles. The predicted octanol–water partition coefficient (Wildman–Crippen LogP) is 3.85. The minimum absolute atomic E-state index is 0.135. The number of ether oxygens (including phenoxy) is 1. The number of hydrogen-bond donors (Lipinski definition) is 1. The van der Waals surface area contributed by atoms with Crippen molar-refractivity contribution in [1.29, 1.82) is 0 Å². The molecule has 0 spiro atoms. The predicted molar refractivity (Wildman–Crippen MR) is 86.3 cm³/mol. The van der Waals surface area contributed by atoms with E-state index in [1.165, 1.54) is 12.5 Å². The van der Waals surface area contributed by atoms with E-state index >= 15 is 0 Å². The van der Waals surface area contributed by atoms with Crippen LogP contribution in [0, 0.1) is 5.92 Å². The van der Waals surface area contributed by atoms with E-state index in [0.29, 0.717) is 5.92 Å². The van der Waals surface area contributed by atoms with Crippen LogP contribution < -0.4 is 5.32 Å². The monoisotopic (exact) mass is 343 g/mol. The summed E-state index contributed by atoms with van der Waals surface area (Å²) in [6.45, 7) is 1.81. The van der Waals surface area contributed by atoms with Crippen molar-refractivity contribution < 1.29 is 14.3 Å². The molecule has 0 unspecified atom stereocenters. The van der Waals surface area contributed by atoms with Gasteiger partial charge in [0.05, 0.1) is 15.6 Å². The molecule has 1 fully saturated rings. The van der Waals surface area contributed by atoms with Crippen LogP contribution in [-0.4, -0.2) is 24.5 Å². The summed E-state index contributed by atoms with van der Waals surface area (Å²) in [5, 5.41) is 3.34. The average molecular weight is 344 g/mol. The van der Waals surface area contributed by atoms with Crippen LogP contribution >= 0.6 is 23.2 Å². The van der Waals surface area contributed by atoms with Crippen LogP contribution in [0.5, 0.6) is 0 Å². The lowest BCUT2D eigenvalue weighted by Crippen LogP contribution is -2.42. The topological polar surface area (TPSA) is 55.4 Å². The fraction of sp³-hybridized carbons (Fsp3) is 0.500. The van der Waals surface area contributed by atoms with E-state index in [0.717, 1.165) is 19.3 Å². The van der Waals surface area contributed by atoms with Gasteiger partial charge in [0.2, 0.25) is 0 Å². The molecule has 1 N–H and O–H groups in total. The lowest BCUT2D eigenvalue weighted by molar-refractivity contribution is -0.125. The van der Waals surface area contributed by atoms with Crippen molar-refractivity contribution in [2.24, 2.45) is 5.92 Å². The van der Waals surface area contributed by atoms with Crippen LogP contribution in [-0.2, 0) is 9.53 Å². The normalized spacial score (nSPS) is 21.2.